The van der Waals surface area contributed by atoms with Crippen LogP contribution in [-0.2, 0) is 27.1 Å². The number of halogens is 5. The van der Waals surface area contributed by atoms with Crippen molar-refractivity contribution in [1.82, 2.24) is 4.90 Å². The van der Waals surface area contributed by atoms with E-state index >= 15 is 0 Å². The van der Waals surface area contributed by atoms with Crippen molar-refractivity contribution in [3.63, 3.8) is 0 Å². The molecule has 1 N–H and O–H groups in total. The first-order valence-electron chi connectivity index (χ1n) is 13.5. The molecule has 3 unspecified atom stereocenters. The van der Waals surface area contributed by atoms with Crippen LogP contribution >= 0.6 is 0 Å². The number of ether oxygens (including phenoxy) is 1. The third-order valence-electron chi connectivity index (χ3n) is 9.47. The number of aliphatic carboxylic acids is 1. The van der Waals surface area contributed by atoms with Crippen molar-refractivity contribution in [3.8, 4) is 5.75 Å². The molecule has 1 saturated carbocycles. The standard InChI is InChI=1S/C30H32F5NO4/c1-27(26(38)39)11-9-19(10-12-27)25(37)36-14-13-29(16-18-3-6-21(31)7-4-18)22-8-5-20(28(2,32)30(33,34)35)15-23(22)40-17-24(29)36/h3-8,15,19,24H,9-14,16-17H2,1-2H3,(H,38,39). The molecule has 2 aromatic rings. The number of alkyl halides is 4. The van der Waals surface area contributed by atoms with Crippen molar-refractivity contribution in [2.75, 3.05) is 13.2 Å². The summed E-state index contributed by atoms with van der Waals surface area (Å²) in [5.74, 6) is -1.55. The number of likely N-dealkylation sites (tertiary alicyclic amines) is 1. The van der Waals surface area contributed by atoms with Crippen LogP contribution in [0.3, 0.4) is 0 Å². The van der Waals surface area contributed by atoms with Gasteiger partial charge in [-0.15, -0.1) is 0 Å². The van der Waals surface area contributed by atoms with E-state index in [1.165, 1.54) is 18.2 Å². The number of hydrogen-bond donors (Lipinski definition) is 1. The van der Waals surface area contributed by atoms with Crippen LogP contribution in [0.5, 0.6) is 5.75 Å². The Hall–Kier alpha value is -3.17. The first kappa shape index (κ1) is 28.4. The quantitative estimate of drug-likeness (QED) is 0.431. The number of hydrogen-bond acceptors (Lipinski definition) is 3. The second-order valence-corrected chi connectivity index (χ2v) is 11.9. The Kier molecular flexibility index (Phi) is 6.90. The SMILES string of the molecule is CC1(C(=O)O)CCC(C(=O)N2CCC3(Cc4ccc(F)cc4)c4ccc(C(C)(F)C(F)(F)F)cc4OCC23)CC1. The van der Waals surface area contributed by atoms with Crippen molar-refractivity contribution in [3.05, 3.63) is 65.0 Å². The van der Waals surface area contributed by atoms with Crippen LogP contribution in [0.15, 0.2) is 42.5 Å². The minimum absolute atomic E-state index is 0.0119. The summed E-state index contributed by atoms with van der Waals surface area (Å²) in [6.07, 6.45) is -2.57. The molecule has 0 aromatic heterocycles. The smallest absolute Gasteiger partial charge is 0.426 e. The van der Waals surface area contributed by atoms with Gasteiger partial charge in [0.25, 0.3) is 0 Å². The van der Waals surface area contributed by atoms with E-state index in [9.17, 15) is 36.6 Å². The molecule has 1 saturated heterocycles. The van der Waals surface area contributed by atoms with E-state index in [0.717, 1.165) is 17.7 Å². The van der Waals surface area contributed by atoms with Crippen molar-refractivity contribution >= 4 is 11.9 Å². The Bertz CT molecular complexity index is 1300. The van der Waals surface area contributed by atoms with Crippen LogP contribution < -0.4 is 4.74 Å². The van der Waals surface area contributed by atoms with Crippen LogP contribution in [0.4, 0.5) is 22.0 Å². The molecule has 2 fully saturated rings. The van der Waals surface area contributed by atoms with E-state index in [4.69, 9.17) is 4.74 Å². The summed E-state index contributed by atoms with van der Waals surface area (Å²) in [5, 5.41) is 9.57. The minimum Gasteiger partial charge on any atom is -0.491 e. The lowest BCUT2D eigenvalue weighted by atomic mass is 9.68. The van der Waals surface area contributed by atoms with E-state index in [1.807, 2.05) is 0 Å². The third-order valence-corrected chi connectivity index (χ3v) is 9.47. The summed E-state index contributed by atoms with van der Waals surface area (Å²) in [6, 6.07) is 9.21. The molecular weight excluding hydrogens is 533 g/mol. The van der Waals surface area contributed by atoms with Gasteiger partial charge in [-0.3, -0.25) is 9.59 Å². The predicted molar refractivity (Wildman–Crippen MR) is 136 cm³/mol. The van der Waals surface area contributed by atoms with E-state index in [2.05, 4.69) is 0 Å². The van der Waals surface area contributed by atoms with E-state index in [-0.39, 0.29) is 24.2 Å². The number of carbonyl (C=O) groups is 2. The van der Waals surface area contributed by atoms with E-state index < -0.39 is 46.1 Å². The number of amides is 1. The largest absolute Gasteiger partial charge is 0.491 e. The van der Waals surface area contributed by atoms with Crippen LogP contribution in [0, 0.1) is 17.2 Å². The average Bonchev–Trinajstić information content (AvgIpc) is 3.28. The molecular formula is C30H32F5NO4. The highest BCUT2D eigenvalue weighted by molar-refractivity contribution is 5.81. The molecule has 2 aromatic carbocycles. The molecule has 1 aliphatic carbocycles. The average molecular weight is 566 g/mol. The number of rotatable bonds is 5. The van der Waals surface area contributed by atoms with Crippen LogP contribution in [0.2, 0.25) is 0 Å². The first-order valence-corrected chi connectivity index (χ1v) is 13.5. The molecule has 0 radical (unpaired) electrons. The van der Waals surface area contributed by atoms with Crippen molar-refractivity contribution in [1.29, 1.82) is 0 Å². The zero-order chi connectivity index (χ0) is 29.1. The zero-order valence-corrected chi connectivity index (χ0v) is 22.4. The van der Waals surface area contributed by atoms with Gasteiger partial charge in [-0.2, -0.15) is 13.2 Å². The first-order chi connectivity index (χ1) is 18.7. The summed E-state index contributed by atoms with van der Waals surface area (Å²) in [5.41, 5.74) is -4.36. The highest BCUT2D eigenvalue weighted by Crippen LogP contribution is 2.52. The lowest BCUT2D eigenvalue weighted by Gasteiger charge is -2.44. The molecule has 40 heavy (non-hydrogen) atoms. The second-order valence-electron chi connectivity index (χ2n) is 11.9. The van der Waals surface area contributed by atoms with Crippen LogP contribution in [0.25, 0.3) is 0 Å². The summed E-state index contributed by atoms with van der Waals surface area (Å²) in [6.45, 7) is 2.56. The Morgan fingerprint density at radius 2 is 1.70 bits per heavy atom. The third kappa shape index (κ3) is 4.63. The van der Waals surface area contributed by atoms with Gasteiger partial charge in [0.1, 0.15) is 18.2 Å². The Morgan fingerprint density at radius 1 is 1.05 bits per heavy atom. The number of nitrogens with zero attached hydrogens (tertiary/aromatic N) is 1. The lowest BCUT2D eigenvalue weighted by Crippen LogP contribution is -2.53. The van der Waals surface area contributed by atoms with Gasteiger partial charge in [0, 0.05) is 29.0 Å². The fourth-order valence-corrected chi connectivity index (χ4v) is 6.66. The molecule has 0 spiro atoms. The fourth-order valence-electron chi connectivity index (χ4n) is 6.66. The second kappa shape index (κ2) is 9.73. The normalized spacial score (nSPS) is 29.6. The summed E-state index contributed by atoms with van der Waals surface area (Å²) < 4.78 is 74.8. The summed E-state index contributed by atoms with van der Waals surface area (Å²) >= 11 is 0. The molecule has 2 heterocycles. The molecule has 1 amide bonds. The van der Waals surface area contributed by atoms with Gasteiger partial charge in [0.15, 0.2) is 0 Å². The number of carbonyl (C=O) groups excluding carboxylic acids is 1. The van der Waals surface area contributed by atoms with Gasteiger partial charge in [0.05, 0.1) is 11.5 Å². The van der Waals surface area contributed by atoms with Crippen molar-refractivity contribution in [2.45, 2.75) is 75.7 Å². The summed E-state index contributed by atoms with van der Waals surface area (Å²) in [7, 11) is 0. The van der Waals surface area contributed by atoms with Gasteiger partial charge >= 0.3 is 12.1 Å². The maximum absolute atomic E-state index is 14.8. The Balaban J connectivity index is 1.49. The Labute approximate surface area is 229 Å². The zero-order valence-electron chi connectivity index (χ0n) is 22.4. The van der Waals surface area contributed by atoms with Crippen LogP contribution in [0.1, 0.15) is 62.6 Å². The molecule has 10 heteroatoms. The molecule has 5 nitrogen and oxygen atoms in total. The highest BCUT2D eigenvalue weighted by atomic mass is 19.4. The van der Waals surface area contributed by atoms with Gasteiger partial charge in [-0.05, 0) is 76.1 Å². The minimum atomic E-state index is -5.11. The van der Waals surface area contributed by atoms with Crippen LogP contribution in [-0.4, -0.2) is 47.3 Å². The van der Waals surface area contributed by atoms with Gasteiger partial charge < -0.3 is 14.7 Å². The van der Waals surface area contributed by atoms with Crippen molar-refractivity contribution in [2.24, 2.45) is 11.3 Å². The lowest BCUT2D eigenvalue weighted by molar-refractivity contribution is -0.228. The van der Waals surface area contributed by atoms with Crippen molar-refractivity contribution < 1.29 is 41.4 Å². The number of carboxylic acids is 1. The van der Waals surface area contributed by atoms with E-state index in [0.29, 0.717) is 57.6 Å². The monoisotopic (exact) mass is 565 g/mol. The molecule has 216 valence electrons. The predicted octanol–water partition coefficient (Wildman–Crippen LogP) is 6.33. The Morgan fingerprint density at radius 3 is 2.30 bits per heavy atom. The fraction of sp³-hybridized carbons (Fsp3) is 0.533. The molecule has 0 bridgehead atoms. The molecule has 5 rings (SSSR count). The molecule has 2 aliphatic heterocycles. The highest BCUT2D eigenvalue weighted by Gasteiger charge is 2.57. The van der Waals surface area contributed by atoms with Gasteiger partial charge in [-0.25, -0.2) is 8.78 Å². The molecule has 3 aliphatic rings. The number of fused-ring (bicyclic) bond motifs is 3. The maximum atomic E-state index is 14.8. The van der Waals surface area contributed by atoms with E-state index in [1.54, 1.807) is 24.0 Å². The number of benzene rings is 2. The maximum Gasteiger partial charge on any atom is 0.426 e. The molecule has 3 atom stereocenters. The topological polar surface area (TPSA) is 66.8 Å². The van der Waals surface area contributed by atoms with Gasteiger partial charge in [0.2, 0.25) is 11.6 Å². The number of carboxylic acid groups (broad SMARTS) is 1. The summed E-state index contributed by atoms with van der Waals surface area (Å²) in [4.78, 5) is 27.2. The van der Waals surface area contributed by atoms with Gasteiger partial charge in [-0.1, -0.05) is 24.3 Å².